The molecule has 0 saturated carbocycles. The molecule has 0 fully saturated rings. The van der Waals surface area contributed by atoms with E-state index in [4.69, 9.17) is 0 Å². The number of hydrogen-bond donors (Lipinski definition) is 0. The number of rotatable bonds is 0. The van der Waals surface area contributed by atoms with Crippen LogP contribution in [0.25, 0.3) is 11.1 Å². The van der Waals surface area contributed by atoms with Crippen molar-refractivity contribution in [2.24, 2.45) is 0 Å². The molecule has 0 atom stereocenters. The van der Waals surface area contributed by atoms with Crippen LogP contribution in [0.3, 0.4) is 0 Å². The summed E-state index contributed by atoms with van der Waals surface area (Å²) in [7, 11) is 0. The van der Waals surface area contributed by atoms with Crippen LogP contribution in [0.2, 0.25) is 0 Å². The van der Waals surface area contributed by atoms with Crippen molar-refractivity contribution < 1.29 is 26.2 Å². The smallest absolute Gasteiger partial charge is 0 e. The molecule has 2 aromatic rings. The van der Waals surface area contributed by atoms with E-state index in [0.29, 0.717) is 0 Å². The minimum Gasteiger partial charge on any atom is -0.0619 e. The molecule has 0 bridgehead atoms. The molecule has 0 amide bonds. The van der Waals surface area contributed by atoms with Crippen molar-refractivity contribution in [3.8, 4) is 11.1 Å². The Hall–Kier alpha value is -0.677. The summed E-state index contributed by atoms with van der Waals surface area (Å²) in [5.74, 6) is 0. The molecule has 0 heterocycles. The molecule has 0 aliphatic heterocycles. The number of benzene rings is 2. The summed E-state index contributed by atoms with van der Waals surface area (Å²) in [5, 5.41) is 0. The maximum absolute atomic E-state index is 2.23. The van der Waals surface area contributed by atoms with Gasteiger partial charge in [0, 0.05) is 26.2 Å². The molecule has 72 valence electrons. The Morgan fingerprint density at radius 2 is 1.60 bits per heavy atom. The van der Waals surface area contributed by atoms with E-state index in [9.17, 15) is 0 Å². The SMILES string of the molecule is Cc1cccc2c1Cc1ccccc1-2.[Zr]. The van der Waals surface area contributed by atoms with Gasteiger partial charge in [-0.25, -0.2) is 0 Å². The Balaban J connectivity index is 0.000000853. The van der Waals surface area contributed by atoms with Crippen LogP contribution in [0.1, 0.15) is 16.7 Å². The van der Waals surface area contributed by atoms with Gasteiger partial charge in [-0.15, -0.1) is 0 Å². The molecule has 0 spiro atoms. The summed E-state index contributed by atoms with van der Waals surface area (Å²) < 4.78 is 0. The topological polar surface area (TPSA) is 0 Å². The predicted octanol–water partition coefficient (Wildman–Crippen LogP) is 3.56. The molecule has 1 heteroatoms. The van der Waals surface area contributed by atoms with Crippen molar-refractivity contribution in [2.75, 3.05) is 0 Å². The summed E-state index contributed by atoms with van der Waals surface area (Å²) in [5.41, 5.74) is 7.25. The quantitative estimate of drug-likeness (QED) is 0.586. The van der Waals surface area contributed by atoms with Gasteiger partial charge in [-0.3, -0.25) is 0 Å². The van der Waals surface area contributed by atoms with Gasteiger partial charge in [0.1, 0.15) is 0 Å². The largest absolute Gasteiger partial charge is 0.0619 e. The Morgan fingerprint density at radius 3 is 2.47 bits per heavy atom. The monoisotopic (exact) mass is 270 g/mol. The molecule has 0 nitrogen and oxygen atoms in total. The van der Waals surface area contributed by atoms with Gasteiger partial charge in [-0.2, -0.15) is 0 Å². The predicted molar refractivity (Wildman–Crippen MR) is 59.4 cm³/mol. The van der Waals surface area contributed by atoms with E-state index >= 15 is 0 Å². The zero-order valence-corrected chi connectivity index (χ0v) is 11.2. The molecule has 0 saturated heterocycles. The summed E-state index contributed by atoms with van der Waals surface area (Å²) in [6.07, 6.45) is 1.11. The first-order chi connectivity index (χ1) is 6.86. The fraction of sp³-hybridized carbons (Fsp3) is 0.143. The molecule has 0 N–H and O–H groups in total. The van der Waals surface area contributed by atoms with E-state index in [2.05, 4.69) is 49.4 Å². The van der Waals surface area contributed by atoms with E-state index < -0.39 is 0 Å². The maximum Gasteiger partial charge on any atom is 0 e. The third-order valence-electron chi connectivity index (χ3n) is 3.09. The summed E-state index contributed by atoms with van der Waals surface area (Å²) >= 11 is 0. The second-order valence-electron chi connectivity index (χ2n) is 3.93. The second-order valence-corrected chi connectivity index (χ2v) is 3.93. The van der Waals surface area contributed by atoms with Gasteiger partial charge in [-0.1, -0.05) is 42.5 Å². The zero-order valence-electron chi connectivity index (χ0n) is 8.75. The van der Waals surface area contributed by atoms with E-state index in [1.54, 1.807) is 0 Å². The Bertz CT molecular complexity index is 500. The summed E-state index contributed by atoms with van der Waals surface area (Å²) in [6, 6.07) is 15.3. The average Bonchev–Trinajstić information content (AvgIpc) is 2.59. The minimum absolute atomic E-state index is 0. The van der Waals surface area contributed by atoms with Crippen LogP contribution < -0.4 is 0 Å². The van der Waals surface area contributed by atoms with Gasteiger partial charge >= 0.3 is 0 Å². The number of hydrogen-bond acceptors (Lipinski definition) is 0. The van der Waals surface area contributed by atoms with Gasteiger partial charge in [0.25, 0.3) is 0 Å². The Kier molecular flexibility index (Phi) is 2.93. The van der Waals surface area contributed by atoms with Gasteiger partial charge < -0.3 is 0 Å². The Morgan fingerprint density at radius 1 is 0.867 bits per heavy atom. The molecular formula is C14H12Zr. The van der Waals surface area contributed by atoms with E-state index in [-0.39, 0.29) is 26.2 Å². The zero-order chi connectivity index (χ0) is 9.54. The van der Waals surface area contributed by atoms with Crippen LogP contribution in [0.15, 0.2) is 42.5 Å². The third kappa shape index (κ3) is 1.63. The van der Waals surface area contributed by atoms with E-state index in [0.717, 1.165) is 6.42 Å². The van der Waals surface area contributed by atoms with Gasteiger partial charge in [0.2, 0.25) is 0 Å². The van der Waals surface area contributed by atoms with Crippen LogP contribution in [0, 0.1) is 6.92 Å². The van der Waals surface area contributed by atoms with Crippen molar-refractivity contribution in [1.82, 2.24) is 0 Å². The standard InChI is InChI=1S/C14H12.Zr/c1-10-5-4-8-13-12-7-3-2-6-11(12)9-14(10)13;/h2-8H,9H2,1H3;. The molecule has 1 aliphatic rings. The number of fused-ring (bicyclic) bond motifs is 3. The summed E-state index contributed by atoms with van der Waals surface area (Å²) in [6.45, 7) is 2.20. The molecule has 0 unspecified atom stereocenters. The molecule has 15 heavy (non-hydrogen) atoms. The maximum atomic E-state index is 2.23. The first-order valence-electron chi connectivity index (χ1n) is 5.03. The van der Waals surface area contributed by atoms with Crippen LogP contribution in [0.4, 0.5) is 0 Å². The van der Waals surface area contributed by atoms with Crippen LogP contribution in [0.5, 0.6) is 0 Å². The average molecular weight is 271 g/mol. The van der Waals surface area contributed by atoms with Crippen LogP contribution in [-0.4, -0.2) is 0 Å². The molecule has 0 radical (unpaired) electrons. The first kappa shape index (κ1) is 10.8. The first-order valence-corrected chi connectivity index (χ1v) is 5.03. The molecule has 3 rings (SSSR count). The summed E-state index contributed by atoms with van der Waals surface area (Å²) in [4.78, 5) is 0. The van der Waals surface area contributed by atoms with Crippen LogP contribution >= 0.6 is 0 Å². The van der Waals surface area contributed by atoms with Crippen molar-refractivity contribution >= 4 is 0 Å². The second kappa shape index (κ2) is 4.06. The van der Waals surface area contributed by atoms with E-state index in [1.165, 1.54) is 27.8 Å². The fourth-order valence-electron chi connectivity index (χ4n) is 2.32. The fourth-order valence-corrected chi connectivity index (χ4v) is 2.32. The van der Waals surface area contributed by atoms with Gasteiger partial charge in [0.05, 0.1) is 0 Å². The number of aryl methyl sites for hydroxylation is 1. The van der Waals surface area contributed by atoms with Crippen molar-refractivity contribution in [3.05, 3.63) is 59.2 Å². The van der Waals surface area contributed by atoms with Gasteiger partial charge in [-0.05, 0) is 41.2 Å². The molecule has 0 aromatic heterocycles. The molecule has 2 aromatic carbocycles. The van der Waals surface area contributed by atoms with Crippen molar-refractivity contribution in [1.29, 1.82) is 0 Å². The van der Waals surface area contributed by atoms with Crippen LogP contribution in [-0.2, 0) is 32.6 Å². The van der Waals surface area contributed by atoms with Gasteiger partial charge in [0.15, 0.2) is 0 Å². The minimum atomic E-state index is 0. The molecular weight excluding hydrogens is 259 g/mol. The normalized spacial score (nSPS) is 11.5. The van der Waals surface area contributed by atoms with Crippen molar-refractivity contribution in [3.63, 3.8) is 0 Å². The molecule has 1 aliphatic carbocycles. The Labute approximate surface area is 109 Å². The van der Waals surface area contributed by atoms with E-state index in [1.807, 2.05) is 0 Å². The third-order valence-corrected chi connectivity index (χ3v) is 3.09. The van der Waals surface area contributed by atoms with Crippen molar-refractivity contribution in [2.45, 2.75) is 13.3 Å².